The molecule has 1 radical (unpaired) electrons. The number of hydrogen-bond donors (Lipinski definition) is 0. The quantitative estimate of drug-likeness (QED) is 0.608. The van der Waals surface area contributed by atoms with Gasteiger partial charge in [-0.3, -0.25) is 0 Å². The van der Waals surface area contributed by atoms with E-state index >= 15 is 0 Å². The van der Waals surface area contributed by atoms with Crippen molar-refractivity contribution in [1.29, 1.82) is 0 Å². The Kier molecular flexibility index (Phi) is 1.88. The molecule has 0 atom stereocenters. The van der Waals surface area contributed by atoms with Crippen molar-refractivity contribution in [2.75, 3.05) is 0 Å². The molecule has 1 heterocycles. The van der Waals surface area contributed by atoms with Crippen LogP contribution in [0.4, 0.5) is 0 Å². The highest BCUT2D eigenvalue weighted by atomic mass is 16.5. The summed E-state index contributed by atoms with van der Waals surface area (Å²) >= 11 is 0. The molecule has 0 amide bonds. The van der Waals surface area contributed by atoms with E-state index in [1.165, 1.54) is 5.56 Å². The van der Waals surface area contributed by atoms with Crippen LogP contribution in [0.15, 0.2) is 18.2 Å². The Balaban J connectivity index is 2.52. The lowest BCUT2D eigenvalue weighted by atomic mass is 9.74. The molecule has 1 aromatic carbocycles. The van der Waals surface area contributed by atoms with Gasteiger partial charge in [0.15, 0.2) is 0 Å². The van der Waals surface area contributed by atoms with Crippen molar-refractivity contribution in [1.82, 2.24) is 0 Å². The lowest BCUT2D eigenvalue weighted by Crippen LogP contribution is -2.41. The number of fused-ring (bicyclic) bond motifs is 1. The van der Waals surface area contributed by atoms with Crippen LogP contribution in [0.3, 0.4) is 0 Å². The van der Waals surface area contributed by atoms with E-state index in [-0.39, 0.29) is 11.0 Å². The average molecular weight is 189 g/mol. The monoisotopic (exact) mass is 189 g/mol. The second kappa shape index (κ2) is 2.75. The molecular weight excluding hydrogens is 172 g/mol. The predicted octanol–water partition coefficient (Wildman–Crippen LogP) is 3.33. The summed E-state index contributed by atoms with van der Waals surface area (Å²) in [6.07, 6.45) is 1.05. The Labute approximate surface area is 86.1 Å². The smallest absolute Gasteiger partial charge is 0.123 e. The highest BCUT2D eigenvalue weighted by Gasteiger charge is 2.38. The van der Waals surface area contributed by atoms with Gasteiger partial charge < -0.3 is 4.74 Å². The predicted molar refractivity (Wildman–Crippen MR) is 57.6 cm³/mol. The first kappa shape index (κ1) is 9.57. The van der Waals surface area contributed by atoms with Gasteiger partial charge in [-0.1, -0.05) is 19.9 Å². The van der Waals surface area contributed by atoms with Gasteiger partial charge in [0.1, 0.15) is 11.4 Å². The van der Waals surface area contributed by atoms with E-state index in [0.717, 1.165) is 12.2 Å². The van der Waals surface area contributed by atoms with Gasteiger partial charge in [0.25, 0.3) is 0 Å². The first-order chi connectivity index (χ1) is 6.41. The van der Waals surface area contributed by atoms with Crippen LogP contribution in [0.5, 0.6) is 5.75 Å². The summed E-state index contributed by atoms with van der Waals surface area (Å²) in [5, 5.41) is 0. The molecule has 0 N–H and O–H groups in total. The zero-order valence-corrected chi connectivity index (χ0v) is 9.35. The third-order valence-corrected chi connectivity index (χ3v) is 2.81. The van der Waals surface area contributed by atoms with Crippen molar-refractivity contribution in [2.24, 2.45) is 0 Å². The molecule has 0 bridgehead atoms. The summed E-state index contributed by atoms with van der Waals surface area (Å²) in [6, 6.07) is 9.09. The van der Waals surface area contributed by atoms with Crippen LogP contribution in [0, 0.1) is 6.07 Å². The fourth-order valence-corrected chi connectivity index (χ4v) is 2.53. The van der Waals surface area contributed by atoms with Crippen molar-refractivity contribution < 1.29 is 4.74 Å². The van der Waals surface area contributed by atoms with E-state index in [4.69, 9.17) is 4.74 Å². The lowest BCUT2D eigenvalue weighted by Gasteiger charge is -2.42. The maximum absolute atomic E-state index is 5.93. The van der Waals surface area contributed by atoms with E-state index in [0.29, 0.717) is 0 Å². The van der Waals surface area contributed by atoms with Crippen LogP contribution in [-0.2, 0) is 5.41 Å². The highest BCUT2D eigenvalue weighted by Crippen LogP contribution is 2.44. The van der Waals surface area contributed by atoms with E-state index in [2.05, 4.69) is 33.8 Å². The fraction of sp³-hybridized carbons (Fsp3) is 0.538. The summed E-state index contributed by atoms with van der Waals surface area (Å²) in [5.41, 5.74) is 1.41. The van der Waals surface area contributed by atoms with Gasteiger partial charge in [0, 0.05) is 5.56 Å². The van der Waals surface area contributed by atoms with Gasteiger partial charge in [-0.25, -0.2) is 0 Å². The normalized spacial score (nSPS) is 22.3. The zero-order valence-electron chi connectivity index (χ0n) is 9.35. The second-order valence-corrected chi connectivity index (χ2v) is 5.34. The minimum absolute atomic E-state index is 0.0577. The molecular formula is C13H17O. The first-order valence-corrected chi connectivity index (χ1v) is 5.10. The van der Waals surface area contributed by atoms with E-state index in [9.17, 15) is 0 Å². The van der Waals surface area contributed by atoms with E-state index in [1.54, 1.807) is 0 Å². The number of benzene rings is 1. The lowest BCUT2D eigenvalue weighted by molar-refractivity contribution is 0.0534. The van der Waals surface area contributed by atoms with Gasteiger partial charge in [0.2, 0.25) is 0 Å². The van der Waals surface area contributed by atoms with Crippen LogP contribution >= 0.6 is 0 Å². The van der Waals surface area contributed by atoms with E-state index in [1.807, 2.05) is 18.2 Å². The van der Waals surface area contributed by atoms with Gasteiger partial charge in [-0.2, -0.15) is 0 Å². The summed E-state index contributed by atoms with van der Waals surface area (Å²) in [5.74, 6) is 1.02. The minimum Gasteiger partial charge on any atom is -0.488 e. The van der Waals surface area contributed by atoms with Gasteiger partial charge >= 0.3 is 0 Å². The molecule has 0 saturated carbocycles. The maximum Gasteiger partial charge on any atom is 0.123 e. The summed E-state index contributed by atoms with van der Waals surface area (Å²) < 4.78 is 5.93. The Bertz CT molecular complexity index is 350. The summed E-state index contributed by atoms with van der Waals surface area (Å²) in [7, 11) is 0. The van der Waals surface area contributed by atoms with E-state index < -0.39 is 0 Å². The Morgan fingerprint density at radius 1 is 1.29 bits per heavy atom. The SMILES string of the molecule is CC1(C)CC(C)(C)c2c[c]ccc2O1. The minimum atomic E-state index is -0.0577. The first-order valence-electron chi connectivity index (χ1n) is 5.10. The third-order valence-electron chi connectivity index (χ3n) is 2.81. The molecule has 1 aromatic rings. The summed E-state index contributed by atoms with van der Waals surface area (Å²) in [4.78, 5) is 0. The Hall–Kier alpha value is -0.980. The topological polar surface area (TPSA) is 9.23 Å². The molecule has 1 nitrogen and oxygen atoms in total. The van der Waals surface area contributed by atoms with Crippen LogP contribution in [-0.4, -0.2) is 5.60 Å². The van der Waals surface area contributed by atoms with Crippen LogP contribution in [0.25, 0.3) is 0 Å². The zero-order chi connectivity index (χ0) is 10.4. The van der Waals surface area contributed by atoms with Crippen LogP contribution in [0.1, 0.15) is 39.7 Å². The van der Waals surface area contributed by atoms with Crippen molar-refractivity contribution in [3.8, 4) is 5.75 Å². The van der Waals surface area contributed by atoms with Gasteiger partial charge in [-0.15, -0.1) is 0 Å². The van der Waals surface area contributed by atoms with Gasteiger partial charge in [0.05, 0.1) is 0 Å². The molecule has 1 heteroatoms. The third kappa shape index (κ3) is 1.52. The molecule has 0 aliphatic carbocycles. The van der Waals surface area contributed by atoms with Crippen LogP contribution < -0.4 is 4.74 Å². The van der Waals surface area contributed by atoms with Crippen molar-refractivity contribution in [3.63, 3.8) is 0 Å². The number of hydrogen-bond acceptors (Lipinski definition) is 1. The molecule has 0 aromatic heterocycles. The van der Waals surface area contributed by atoms with Crippen molar-refractivity contribution in [2.45, 2.75) is 45.1 Å². The molecule has 0 fully saturated rings. The largest absolute Gasteiger partial charge is 0.488 e. The molecule has 2 rings (SSSR count). The van der Waals surface area contributed by atoms with Gasteiger partial charge in [-0.05, 0) is 43.9 Å². The average Bonchev–Trinajstić information content (AvgIpc) is 2.00. The maximum atomic E-state index is 5.93. The van der Waals surface area contributed by atoms with Crippen molar-refractivity contribution in [3.05, 3.63) is 29.8 Å². The standard InChI is InChI=1S/C13H17O/c1-12(2)9-13(3,4)14-11-8-6-5-7-10(11)12/h6-8H,9H2,1-4H3. The molecule has 1 aliphatic rings. The Morgan fingerprint density at radius 2 is 2.00 bits per heavy atom. The highest BCUT2D eigenvalue weighted by molar-refractivity contribution is 5.41. The number of rotatable bonds is 0. The molecule has 1 aliphatic heterocycles. The van der Waals surface area contributed by atoms with Crippen molar-refractivity contribution >= 4 is 0 Å². The fourth-order valence-electron chi connectivity index (χ4n) is 2.53. The van der Waals surface area contributed by atoms with Crippen LogP contribution in [0.2, 0.25) is 0 Å². The summed E-state index contributed by atoms with van der Waals surface area (Å²) in [6.45, 7) is 8.83. The number of ether oxygens (including phenoxy) is 1. The Morgan fingerprint density at radius 3 is 2.71 bits per heavy atom. The molecule has 14 heavy (non-hydrogen) atoms. The molecule has 75 valence electrons. The second-order valence-electron chi connectivity index (χ2n) is 5.34. The molecule has 0 spiro atoms. The molecule has 0 unspecified atom stereocenters. The molecule has 0 saturated heterocycles.